The minimum atomic E-state index is 0.0578. The number of fused-ring (bicyclic) bond motifs is 1. The maximum Gasteiger partial charge on any atom is 0.122 e. The molecular formula is C14H19NO. The minimum absolute atomic E-state index is 0.0578. The Hall–Kier alpha value is -1.02. The third kappa shape index (κ3) is 1.44. The van der Waals surface area contributed by atoms with Gasteiger partial charge in [0.25, 0.3) is 0 Å². The molecule has 2 heteroatoms. The largest absolute Gasteiger partial charge is 0.493 e. The van der Waals surface area contributed by atoms with Crippen LogP contribution in [0.5, 0.6) is 5.75 Å². The van der Waals surface area contributed by atoms with E-state index in [1.807, 2.05) is 6.07 Å². The first-order valence-corrected chi connectivity index (χ1v) is 6.23. The normalized spacial score (nSPS) is 36.4. The number of para-hydroxylation sites is 1. The van der Waals surface area contributed by atoms with Crippen LogP contribution in [0, 0.1) is 11.8 Å². The van der Waals surface area contributed by atoms with E-state index in [-0.39, 0.29) is 5.54 Å². The second kappa shape index (κ2) is 3.49. The van der Waals surface area contributed by atoms with Crippen LogP contribution in [0.4, 0.5) is 0 Å². The molecular weight excluding hydrogens is 198 g/mol. The van der Waals surface area contributed by atoms with Gasteiger partial charge in [-0.05, 0) is 30.4 Å². The Morgan fingerprint density at radius 2 is 2.25 bits per heavy atom. The molecule has 0 aromatic heterocycles. The number of hydrogen-bond donors (Lipinski definition) is 1. The highest BCUT2D eigenvalue weighted by Gasteiger charge is 2.55. The SMILES string of the molecule is CCC1CC1(N)C1COc2ccccc2C1. The van der Waals surface area contributed by atoms with Crippen molar-refractivity contribution >= 4 is 0 Å². The molecule has 0 amide bonds. The average molecular weight is 217 g/mol. The lowest BCUT2D eigenvalue weighted by Gasteiger charge is -2.30. The molecule has 1 saturated carbocycles. The summed E-state index contributed by atoms with van der Waals surface area (Å²) in [6, 6.07) is 8.33. The van der Waals surface area contributed by atoms with Crippen molar-refractivity contribution in [1.82, 2.24) is 0 Å². The van der Waals surface area contributed by atoms with E-state index in [0.29, 0.717) is 11.8 Å². The molecule has 86 valence electrons. The first-order valence-electron chi connectivity index (χ1n) is 6.23. The van der Waals surface area contributed by atoms with Crippen molar-refractivity contribution in [1.29, 1.82) is 0 Å². The Morgan fingerprint density at radius 1 is 1.44 bits per heavy atom. The fraction of sp³-hybridized carbons (Fsp3) is 0.571. The van der Waals surface area contributed by atoms with E-state index < -0.39 is 0 Å². The van der Waals surface area contributed by atoms with Gasteiger partial charge in [0.15, 0.2) is 0 Å². The van der Waals surface area contributed by atoms with Crippen molar-refractivity contribution in [3.8, 4) is 5.75 Å². The highest BCUT2D eigenvalue weighted by atomic mass is 16.5. The highest BCUT2D eigenvalue weighted by Crippen LogP contribution is 2.51. The molecule has 1 fully saturated rings. The molecule has 1 aromatic rings. The molecule has 1 aromatic carbocycles. The van der Waals surface area contributed by atoms with Gasteiger partial charge in [0, 0.05) is 11.5 Å². The average Bonchev–Trinajstić information content (AvgIpc) is 3.01. The predicted octanol–water partition coefficient (Wildman–Crippen LogP) is 2.37. The molecule has 0 spiro atoms. The summed E-state index contributed by atoms with van der Waals surface area (Å²) in [4.78, 5) is 0. The zero-order valence-electron chi connectivity index (χ0n) is 9.78. The smallest absolute Gasteiger partial charge is 0.122 e. The van der Waals surface area contributed by atoms with Gasteiger partial charge in [0.05, 0.1) is 6.61 Å². The van der Waals surface area contributed by atoms with Crippen LogP contribution < -0.4 is 10.5 Å². The van der Waals surface area contributed by atoms with Crippen molar-refractivity contribution in [3.05, 3.63) is 29.8 Å². The van der Waals surface area contributed by atoms with E-state index in [0.717, 1.165) is 18.8 Å². The third-order valence-corrected chi connectivity index (χ3v) is 4.33. The highest BCUT2D eigenvalue weighted by molar-refractivity contribution is 5.36. The lowest BCUT2D eigenvalue weighted by atomic mass is 9.87. The lowest BCUT2D eigenvalue weighted by molar-refractivity contribution is 0.184. The maximum absolute atomic E-state index is 6.45. The predicted molar refractivity (Wildman–Crippen MR) is 64.4 cm³/mol. The summed E-state index contributed by atoms with van der Waals surface area (Å²) in [5.74, 6) is 2.27. The van der Waals surface area contributed by atoms with E-state index in [9.17, 15) is 0 Å². The molecule has 3 atom stereocenters. The topological polar surface area (TPSA) is 35.2 Å². The molecule has 3 unspecified atom stereocenters. The molecule has 2 N–H and O–H groups in total. The van der Waals surface area contributed by atoms with Gasteiger partial charge in [-0.25, -0.2) is 0 Å². The van der Waals surface area contributed by atoms with Gasteiger partial charge >= 0.3 is 0 Å². The second-order valence-electron chi connectivity index (χ2n) is 5.24. The Kier molecular flexibility index (Phi) is 2.21. The summed E-state index contributed by atoms with van der Waals surface area (Å²) in [7, 11) is 0. The lowest BCUT2D eigenvalue weighted by Crippen LogP contribution is -2.41. The summed E-state index contributed by atoms with van der Waals surface area (Å²) >= 11 is 0. The fourth-order valence-electron chi connectivity index (χ4n) is 3.07. The molecule has 1 aliphatic carbocycles. The van der Waals surface area contributed by atoms with Crippen LogP contribution in [0.25, 0.3) is 0 Å². The van der Waals surface area contributed by atoms with E-state index in [1.165, 1.54) is 18.4 Å². The summed E-state index contributed by atoms with van der Waals surface area (Å²) in [5.41, 5.74) is 7.84. The van der Waals surface area contributed by atoms with Crippen molar-refractivity contribution in [2.45, 2.75) is 31.7 Å². The van der Waals surface area contributed by atoms with Gasteiger partial charge in [-0.2, -0.15) is 0 Å². The second-order valence-corrected chi connectivity index (χ2v) is 5.24. The zero-order chi connectivity index (χ0) is 11.2. The van der Waals surface area contributed by atoms with Gasteiger partial charge in [-0.1, -0.05) is 31.5 Å². The van der Waals surface area contributed by atoms with Crippen molar-refractivity contribution in [2.24, 2.45) is 17.6 Å². The third-order valence-electron chi connectivity index (χ3n) is 4.33. The van der Waals surface area contributed by atoms with E-state index in [1.54, 1.807) is 0 Å². The van der Waals surface area contributed by atoms with E-state index in [2.05, 4.69) is 25.1 Å². The van der Waals surface area contributed by atoms with Crippen molar-refractivity contribution in [3.63, 3.8) is 0 Å². The summed E-state index contributed by atoms with van der Waals surface area (Å²) < 4.78 is 5.82. The quantitative estimate of drug-likeness (QED) is 0.825. The van der Waals surface area contributed by atoms with Gasteiger partial charge < -0.3 is 10.5 Å². The molecule has 2 nitrogen and oxygen atoms in total. The molecule has 1 aliphatic heterocycles. The number of ether oxygens (including phenoxy) is 1. The monoisotopic (exact) mass is 217 g/mol. The van der Waals surface area contributed by atoms with Gasteiger partial charge in [-0.15, -0.1) is 0 Å². The molecule has 2 aliphatic rings. The molecule has 0 bridgehead atoms. The Balaban J connectivity index is 1.79. The van der Waals surface area contributed by atoms with Crippen LogP contribution in [0.2, 0.25) is 0 Å². The number of rotatable bonds is 2. The fourth-order valence-corrected chi connectivity index (χ4v) is 3.07. The van der Waals surface area contributed by atoms with Crippen LogP contribution in [-0.4, -0.2) is 12.1 Å². The molecule has 16 heavy (non-hydrogen) atoms. The van der Waals surface area contributed by atoms with Crippen LogP contribution in [0.1, 0.15) is 25.3 Å². The van der Waals surface area contributed by atoms with E-state index >= 15 is 0 Å². The van der Waals surface area contributed by atoms with Gasteiger partial charge in [-0.3, -0.25) is 0 Å². The van der Waals surface area contributed by atoms with Crippen molar-refractivity contribution < 1.29 is 4.74 Å². The maximum atomic E-state index is 6.45. The first-order chi connectivity index (χ1) is 7.74. The number of nitrogens with two attached hydrogens (primary N) is 1. The minimum Gasteiger partial charge on any atom is -0.493 e. The van der Waals surface area contributed by atoms with Gasteiger partial charge in [0.2, 0.25) is 0 Å². The Labute approximate surface area is 96.8 Å². The summed E-state index contributed by atoms with van der Waals surface area (Å²) in [6.45, 7) is 3.03. The van der Waals surface area contributed by atoms with Crippen LogP contribution in [0.15, 0.2) is 24.3 Å². The van der Waals surface area contributed by atoms with Crippen LogP contribution in [0.3, 0.4) is 0 Å². The number of benzene rings is 1. The zero-order valence-corrected chi connectivity index (χ0v) is 9.78. The Bertz CT molecular complexity index is 403. The van der Waals surface area contributed by atoms with E-state index in [4.69, 9.17) is 10.5 Å². The van der Waals surface area contributed by atoms with Crippen molar-refractivity contribution in [2.75, 3.05) is 6.61 Å². The molecule has 1 heterocycles. The van der Waals surface area contributed by atoms with Crippen LogP contribution >= 0.6 is 0 Å². The standard InChI is InChI=1S/C14H19NO/c1-2-11-8-14(11,15)12-7-10-5-3-4-6-13(10)16-9-12/h3-6,11-12H,2,7-9,15H2,1H3. The van der Waals surface area contributed by atoms with Gasteiger partial charge in [0.1, 0.15) is 5.75 Å². The molecule has 3 rings (SSSR count). The molecule has 0 radical (unpaired) electrons. The first kappa shape index (κ1) is 10.2. The number of hydrogen-bond acceptors (Lipinski definition) is 2. The summed E-state index contributed by atoms with van der Waals surface area (Å²) in [6.07, 6.45) is 3.47. The molecule has 0 saturated heterocycles. The Morgan fingerprint density at radius 3 is 3.00 bits per heavy atom. The summed E-state index contributed by atoms with van der Waals surface area (Å²) in [5, 5.41) is 0. The van der Waals surface area contributed by atoms with Crippen LogP contribution in [-0.2, 0) is 6.42 Å².